The fourth-order valence-corrected chi connectivity index (χ4v) is 2.61. The molecule has 0 aliphatic rings. The maximum atomic E-state index is 11.9. The van der Waals surface area contributed by atoms with E-state index in [9.17, 15) is 9.59 Å². The fraction of sp³-hybridized carbons (Fsp3) is 0.188. The molecule has 1 heterocycles. The molecule has 6 heteroatoms. The Morgan fingerprint density at radius 3 is 2.55 bits per heavy atom. The van der Waals surface area contributed by atoms with Crippen molar-refractivity contribution in [1.82, 2.24) is 10.3 Å². The number of carbonyl (C=O) groups excluding carboxylic acids is 1. The minimum Gasteiger partial charge on any atom is -0.478 e. The highest BCUT2D eigenvalue weighted by atomic mass is 32.1. The van der Waals surface area contributed by atoms with Gasteiger partial charge in [0.05, 0.1) is 11.6 Å². The van der Waals surface area contributed by atoms with E-state index in [2.05, 4.69) is 10.3 Å². The van der Waals surface area contributed by atoms with Gasteiger partial charge in [-0.25, -0.2) is 9.78 Å². The summed E-state index contributed by atoms with van der Waals surface area (Å²) in [6.07, 6.45) is 3.06. The summed E-state index contributed by atoms with van der Waals surface area (Å²) in [7, 11) is 0. The van der Waals surface area contributed by atoms with E-state index in [4.69, 9.17) is 5.11 Å². The Morgan fingerprint density at radius 1 is 1.32 bits per heavy atom. The van der Waals surface area contributed by atoms with Crippen molar-refractivity contribution in [3.8, 4) is 0 Å². The molecule has 1 aromatic carbocycles. The van der Waals surface area contributed by atoms with Gasteiger partial charge in [0.15, 0.2) is 0 Å². The summed E-state index contributed by atoms with van der Waals surface area (Å²) in [5.74, 6) is -1.19. The third-order valence-electron chi connectivity index (χ3n) is 2.95. The van der Waals surface area contributed by atoms with Crippen molar-refractivity contribution in [3.05, 3.63) is 57.6 Å². The lowest BCUT2D eigenvalue weighted by Crippen LogP contribution is -2.24. The van der Waals surface area contributed by atoms with Crippen LogP contribution in [0.5, 0.6) is 0 Å². The zero-order valence-corrected chi connectivity index (χ0v) is 13.1. The molecule has 1 amide bonds. The second-order valence-corrected chi connectivity index (χ2v) is 5.71. The number of aryl methyl sites for hydroxylation is 1. The summed E-state index contributed by atoms with van der Waals surface area (Å²) in [5.41, 5.74) is 1.92. The van der Waals surface area contributed by atoms with Crippen LogP contribution in [0.15, 0.2) is 35.7 Å². The van der Waals surface area contributed by atoms with Gasteiger partial charge in [0, 0.05) is 17.2 Å². The Bertz CT molecular complexity index is 704. The van der Waals surface area contributed by atoms with Crippen LogP contribution in [0.3, 0.4) is 0 Å². The Balaban J connectivity index is 1.94. The van der Waals surface area contributed by atoms with Crippen molar-refractivity contribution in [3.63, 3.8) is 0 Å². The van der Waals surface area contributed by atoms with Gasteiger partial charge in [-0.1, -0.05) is 12.1 Å². The average Bonchev–Trinajstić information content (AvgIpc) is 2.92. The number of thiazole rings is 1. The monoisotopic (exact) mass is 316 g/mol. The number of nitrogens with zero attached hydrogens (tertiary/aromatic N) is 1. The van der Waals surface area contributed by atoms with Crippen molar-refractivity contribution in [2.75, 3.05) is 0 Å². The largest absolute Gasteiger partial charge is 0.478 e. The predicted octanol–water partition coefficient (Wildman–Crippen LogP) is 3.04. The van der Waals surface area contributed by atoms with E-state index in [1.807, 2.05) is 19.2 Å². The first-order chi connectivity index (χ1) is 10.5. The first-order valence-electron chi connectivity index (χ1n) is 6.69. The molecule has 0 aliphatic carbocycles. The van der Waals surface area contributed by atoms with Crippen LogP contribution in [0.2, 0.25) is 0 Å². The molecule has 22 heavy (non-hydrogen) atoms. The third kappa shape index (κ3) is 4.26. The number of nitrogens with one attached hydrogen (secondary N) is 1. The van der Waals surface area contributed by atoms with E-state index in [0.717, 1.165) is 16.3 Å². The molecule has 0 saturated heterocycles. The topological polar surface area (TPSA) is 79.3 Å². The molecule has 0 aliphatic heterocycles. The van der Waals surface area contributed by atoms with E-state index in [1.54, 1.807) is 18.2 Å². The van der Waals surface area contributed by atoms with Gasteiger partial charge in [0.25, 0.3) is 0 Å². The van der Waals surface area contributed by atoms with Crippen molar-refractivity contribution >= 4 is 29.3 Å². The van der Waals surface area contributed by atoms with Gasteiger partial charge < -0.3 is 10.4 Å². The van der Waals surface area contributed by atoms with E-state index in [0.29, 0.717) is 0 Å². The summed E-state index contributed by atoms with van der Waals surface area (Å²) >= 11 is 1.51. The van der Waals surface area contributed by atoms with Crippen LogP contribution in [-0.4, -0.2) is 22.0 Å². The molecule has 2 N–H and O–H groups in total. The van der Waals surface area contributed by atoms with Crippen LogP contribution in [0, 0.1) is 6.92 Å². The number of rotatable bonds is 5. The lowest BCUT2D eigenvalue weighted by Gasteiger charge is -2.08. The molecule has 2 rings (SSSR count). The number of hydrogen-bond donors (Lipinski definition) is 2. The van der Waals surface area contributed by atoms with E-state index in [1.165, 1.54) is 29.5 Å². The molecule has 1 atom stereocenters. The molecule has 2 aromatic rings. The lowest BCUT2D eigenvalue weighted by atomic mass is 10.1. The number of aromatic nitrogens is 1. The van der Waals surface area contributed by atoms with Crippen molar-refractivity contribution in [2.45, 2.75) is 19.9 Å². The minimum absolute atomic E-state index is 0.148. The molecule has 1 aromatic heterocycles. The summed E-state index contributed by atoms with van der Waals surface area (Å²) in [6, 6.07) is 6.16. The molecule has 0 spiro atoms. The third-order valence-corrected chi connectivity index (χ3v) is 4.10. The van der Waals surface area contributed by atoms with Crippen molar-refractivity contribution < 1.29 is 14.7 Å². The van der Waals surface area contributed by atoms with Gasteiger partial charge in [-0.15, -0.1) is 11.3 Å². The zero-order chi connectivity index (χ0) is 16.1. The summed E-state index contributed by atoms with van der Waals surface area (Å²) in [6.45, 7) is 3.79. The average molecular weight is 316 g/mol. The quantitative estimate of drug-likeness (QED) is 0.831. The molecule has 0 bridgehead atoms. The van der Waals surface area contributed by atoms with Gasteiger partial charge in [-0.3, -0.25) is 4.79 Å². The minimum atomic E-state index is -0.971. The summed E-state index contributed by atoms with van der Waals surface area (Å²) in [4.78, 5) is 26.9. The number of hydrogen-bond acceptors (Lipinski definition) is 4. The molecule has 0 unspecified atom stereocenters. The second kappa shape index (κ2) is 7.00. The Morgan fingerprint density at radius 2 is 2.00 bits per heavy atom. The maximum absolute atomic E-state index is 11.9. The first kappa shape index (κ1) is 15.9. The number of amides is 1. The first-order valence-corrected chi connectivity index (χ1v) is 7.57. The molecular weight excluding hydrogens is 300 g/mol. The van der Waals surface area contributed by atoms with Gasteiger partial charge >= 0.3 is 5.97 Å². The molecular formula is C16H16N2O3S. The summed E-state index contributed by atoms with van der Waals surface area (Å²) in [5, 5.41) is 14.5. The van der Waals surface area contributed by atoms with Crippen LogP contribution in [-0.2, 0) is 4.79 Å². The second-order valence-electron chi connectivity index (χ2n) is 4.82. The Kier molecular flexibility index (Phi) is 5.06. The molecule has 5 nitrogen and oxygen atoms in total. The van der Waals surface area contributed by atoms with Gasteiger partial charge in [-0.2, -0.15) is 0 Å². The Hall–Kier alpha value is -2.47. The normalized spacial score (nSPS) is 12.3. The number of benzene rings is 1. The Labute approximate surface area is 132 Å². The SMILES string of the molecule is Cc1csc([C@@H](C)NC(=O)/C=C/c2ccc(C(=O)O)cc2)n1. The molecule has 0 saturated carbocycles. The highest BCUT2D eigenvalue weighted by molar-refractivity contribution is 7.09. The van der Waals surface area contributed by atoms with Crippen LogP contribution in [0.25, 0.3) is 6.08 Å². The molecule has 0 fully saturated rings. The van der Waals surface area contributed by atoms with Crippen molar-refractivity contribution in [1.29, 1.82) is 0 Å². The zero-order valence-electron chi connectivity index (χ0n) is 12.2. The highest BCUT2D eigenvalue weighted by Gasteiger charge is 2.10. The van der Waals surface area contributed by atoms with Gasteiger partial charge in [0.1, 0.15) is 5.01 Å². The van der Waals surface area contributed by atoms with Crippen LogP contribution in [0.4, 0.5) is 0 Å². The highest BCUT2D eigenvalue weighted by Crippen LogP contribution is 2.17. The molecule has 114 valence electrons. The smallest absolute Gasteiger partial charge is 0.335 e. The van der Waals surface area contributed by atoms with Crippen LogP contribution < -0.4 is 5.32 Å². The van der Waals surface area contributed by atoms with Gasteiger partial charge in [-0.05, 0) is 37.6 Å². The maximum Gasteiger partial charge on any atom is 0.335 e. The van der Waals surface area contributed by atoms with Crippen LogP contribution >= 0.6 is 11.3 Å². The van der Waals surface area contributed by atoms with E-state index in [-0.39, 0.29) is 17.5 Å². The lowest BCUT2D eigenvalue weighted by molar-refractivity contribution is -0.117. The van der Waals surface area contributed by atoms with Crippen LogP contribution in [0.1, 0.15) is 39.6 Å². The standard InChI is InChI=1S/C16H16N2O3S/c1-10-9-22-15(17-10)11(2)18-14(19)8-5-12-3-6-13(7-4-12)16(20)21/h3-9,11H,1-2H3,(H,18,19)(H,20,21)/b8-5+/t11-/m1/s1. The van der Waals surface area contributed by atoms with E-state index >= 15 is 0 Å². The number of carboxylic acids is 1. The van der Waals surface area contributed by atoms with E-state index < -0.39 is 5.97 Å². The number of aromatic carboxylic acids is 1. The molecule has 0 radical (unpaired) electrons. The number of carboxylic acid groups (broad SMARTS) is 1. The fourth-order valence-electron chi connectivity index (χ4n) is 1.80. The number of carbonyl (C=O) groups is 2. The summed E-state index contributed by atoms with van der Waals surface area (Å²) < 4.78 is 0. The predicted molar refractivity (Wildman–Crippen MR) is 85.8 cm³/mol. The van der Waals surface area contributed by atoms with Gasteiger partial charge in [0.2, 0.25) is 5.91 Å². The van der Waals surface area contributed by atoms with Crippen molar-refractivity contribution in [2.24, 2.45) is 0 Å².